The van der Waals surface area contributed by atoms with Gasteiger partial charge in [0, 0.05) is 18.5 Å². The van der Waals surface area contributed by atoms with E-state index < -0.39 is 5.41 Å². The quantitative estimate of drug-likeness (QED) is 0.770. The number of nitrogens with two attached hydrogens (primary N) is 1. The zero-order chi connectivity index (χ0) is 15.6. The van der Waals surface area contributed by atoms with Gasteiger partial charge in [0.15, 0.2) is 0 Å². The zero-order valence-corrected chi connectivity index (χ0v) is 14.6. The summed E-state index contributed by atoms with van der Waals surface area (Å²) in [4.78, 5) is 24.0. The van der Waals surface area contributed by atoms with Gasteiger partial charge in [-0.3, -0.25) is 9.59 Å². The number of hydrogen-bond acceptors (Lipinski definition) is 4. The molecular formula is C16H29ClN2O3. The van der Waals surface area contributed by atoms with E-state index in [1.165, 1.54) is 13.5 Å². The van der Waals surface area contributed by atoms with Gasteiger partial charge in [0.1, 0.15) is 0 Å². The van der Waals surface area contributed by atoms with E-state index in [-0.39, 0.29) is 36.2 Å². The molecule has 2 saturated carbocycles. The van der Waals surface area contributed by atoms with E-state index >= 15 is 0 Å². The molecule has 0 aromatic rings. The van der Waals surface area contributed by atoms with Crippen molar-refractivity contribution in [3.63, 3.8) is 0 Å². The van der Waals surface area contributed by atoms with Crippen LogP contribution in [0, 0.1) is 23.2 Å². The van der Waals surface area contributed by atoms with E-state index in [2.05, 4.69) is 5.32 Å². The molecule has 2 fully saturated rings. The van der Waals surface area contributed by atoms with Crippen LogP contribution in [0.2, 0.25) is 0 Å². The lowest BCUT2D eigenvalue weighted by molar-refractivity contribution is -0.150. The molecule has 0 aliphatic heterocycles. The molecule has 1 amide bonds. The molecule has 2 unspecified atom stereocenters. The Kier molecular flexibility index (Phi) is 6.68. The van der Waals surface area contributed by atoms with Crippen LogP contribution < -0.4 is 11.1 Å². The highest BCUT2D eigenvalue weighted by Gasteiger charge is 2.41. The molecule has 2 bridgehead atoms. The fraction of sp³-hybridized carbons (Fsp3) is 0.875. The van der Waals surface area contributed by atoms with Gasteiger partial charge in [0.25, 0.3) is 0 Å². The Bertz CT molecular complexity index is 400. The number of ether oxygens (including phenoxy) is 1. The van der Waals surface area contributed by atoms with Crippen LogP contribution in [0.15, 0.2) is 0 Å². The summed E-state index contributed by atoms with van der Waals surface area (Å²) in [5.74, 6) is 0.790. The fourth-order valence-corrected chi connectivity index (χ4v) is 3.80. The number of fused-ring (bicyclic) bond motifs is 2. The predicted octanol–water partition coefficient (Wildman–Crippen LogP) is 1.88. The van der Waals surface area contributed by atoms with Crippen molar-refractivity contribution in [1.82, 2.24) is 5.32 Å². The molecule has 0 saturated heterocycles. The van der Waals surface area contributed by atoms with Gasteiger partial charge in [-0.2, -0.15) is 0 Å². The summed E-state index contributed by atoms with van der Waals surface area (Å²) in [6.45, 7) is 3.88. The van der Waals surface area contributed by atoms with E-state index in [0.29, 0.717) is 18.4 Å². The van der Waals surface area contributed by atoms with Crippen molar-refractivity contribution in [1.29, 1.82) is 0 Å². The molecule has 6 heteroatoms. The van der Waals surface area contributed by atoms with Crippen molar-refractivity contribution in [2.75, 3.05) is 13.7 Å². The highest BCUT2D eigenvalue weighted by molar-refractivity contribution is 5.85. The van der Waals surface area contributed by atoms with Crippen molar-refractivity contribution in [2.24, 2.45) is 28.9 Å². The number of halogens is 1. The van der Waals surface area contributed by atoms with Crippen LogP contribution in [0.1, 0.15) is 46.0 Å². The normalized spacial score (nSPS) is 30.9. The van der Waals surface area contributed by atoms with E-state index in [4.69, 9.17) is 10.5 Å². The maximum atomic E-state index is 12.4. The van der Waals surface area contributed by atoms with Gasteiger partial charge in [0.2, 0.25) is 5.91 Å². The molecule has 0 spiro atoms. The number of rotatable bonds is 4. The average molecular weight is 333 g/mol. The SMILES string of the molecule is COC(=O)C(C)(C)CNC(=O)C1CC2CCCC(C1)C2N.Cl. The predicted molar refractivity (Wildman–Crippen MR) is 87.6 cm³/mol. The Morgan fingerprint density at radius 3 is 2.27 bits per heavy atom. The van der Waals surface area contributed by atoms with Gasteiger partial charge in [-0.15, -0.1) is 12.4 Å². The lowest BCUT2D eigenvalue weighted by Gasteiger charge is -2.43. The molecule has 2 rings (SSSR count). The van der Waals surface area contributed by atoms with E-state index in [9.17, 15) is 9.59 Å². The van der Waals surface area contributed by atoms with E-state index in [1.807, 2.05) is 0 Å². The lowest BCUT2D eigenvalue weighted by atomic mass is 9.65. The van der Waals surface area contributed by atoms with Crippen LogP contribution in [0.5, 0.6) is 0 Å². The standard InChI is InChI=1S/C16H28N2O3.ClH/c1-16(2,15(20)21-3)9-18-14(19)12-7-10-5-4-6-11(8-12)13(10)17;/h10-13H,4-9,17H2,1-3H3,(H,18,19);1H. The van der Waals surface area contributed by atoms with Crippen molar-refractivity contribution < 1.29 is 14.3 Å². The summed E-state index contributed by atoms with van der Waals surface area (Å²) in [6, 6.07) is 0.273. The summed E-state index contributed by atoms with van der Waals surface area (Å²) in [6.07, 6.45) is 5.32. The van der Waals surface area contributed by atoms with Crippen LogP contribution in [-0.2, 0) is 14.3 Å². The Labute approximate surface area is 139 Å². The lowest BCUT2D eigenvalue weighted by Crippen LogP contribution is -2.50. The Morgan fingerprint density at radius 1 is 1.23 bits per heavy atom. The first-order valence-corrected chi connectivity index (χ1v) is 7.97. The van der Waals surface area contributed by atoms with E-state index in [0.717, 1.165) is 25.7 Å². The minimum atomic E-state index is -0.689. The number of methoxy groups -OCH3 is 1. The molecule has 2 atom stereocenters. The molecule has 0 aromatic carbocycles. The van der Waals surface area contributed by atoms with Crippen molar-refractivity contribution in [3.05, 3.63) is 0 Å². The Morgan fingerprint density at radius 2 is 1.77 bits per heavy atom. The first kappa shape index (κ1) is 19.2. The van der Waals surface area contributed by atoms with E-state index in [1.54, 1.807) is 13.8 Å². The van der Waals surface area contributed by atoms with Gasteiger partial charge < -0.3 is 15.8 Å². The minimum absolute atomic E-state index is 0. The van der Waals surface area contributed by atoms with Crippen molar-refractivity contribution in [3.8, 4) is 0 Å². The monoisotopic (exact) mass is 332 g/mol. The van der Waals surface area contributed by atoms with Gasteiger partial charge in [-0.1, -0.05) is 6.42 Å². The molecule has 128 valence electrons. The van der Waals surface area contributed by atoms with Crippen LogP contribution in [0.3, 0.4) is 0 Å². The van der Waals surface area contributed by atoms with Gasteiger partial charge >= 0.3 is 5.97 Å². The molecule has 22 heavy (non-hydrogen) atoms. The molecule has 0 heterocycles. The molecular weight excluding hydrogens is 304 g/mol. The third-order valence-electron chi connectivity index (χ3n) is 5.23. The second-order valence-corrected chi connectivity index (χ2v) is 7.29. The number of hydrogen-bond donors (Lipinski definition) is 2. The number of amides is 1. The third-order valence-corrected chi connectivity index (χ3v) is 5.23. The minimum Gasteiger partial charge on any atom is -0.469 e. The van der Waals surface area contributed by atoms with Crippen LogP contribution in [-0.4, -0.2) is 31.6 Å². The number of esters is 1. The summed E-state index contributed by atoms with van der Waals surface area (Å²) in [7, 11) is 1.37. The molecule has 5 nitrogen and oxygen atoms in total. The van der Waals surface area contributed by atoms with Gasteiger partial charge in [0.05, 0.1) is 12.5 Å². The van der Waals surface area contributed by atoms with Crippen LogP contribution in [0.25, 0.3) is 0 Å². The topological polar surface area (TPSA) is 81.4 Å². The van der Waals surface area contributed by atoms with Crippen molar-refractivity contribution in [2.45, 2.75) is 52.0 Å². The van der Waals surface area contributed by atoms with Gasteiger partial charge in [-0.05, 0) is 51.4 Å². The molecule has 0 aromatic heterocycles. The number of carbonyl (C=O) groups is 2. The second-order valence-electron chi connectivity index (χ2n) is 7.29. The first-order chi connectivity index (χ1) is 9.85. The summed E-state index contributed by atoms with van der Waals surface area (Å²) >= 11 is 0. The molecule has 2 aliphatic rings. The van der Waals surface area contributed by atoms with Gasteiger partial charge in [-0.25, -0.2) is 0 Å². The first-order valence-electron chi connectivity index (χ1n) is 7.97. The second kappa shape index (κ2) is 7.64. The third kappa shape index (κ3) is 4.13. The Balaban J connectivity index is 0.00000242. The maximum Gasteiger partial charge on any atom is 0.313 e. The van der Waals surface area contributed by atoms with Crippen molar-refractivity contribution >= 4 is 24.3 Å². The molecule has 2 aliphatic carbocycles. The number of carbonyl (C=O) groups excluding carboxylic acids is 2. The van der Waals surface area contributed by atoms with Crippen LogP contribution in [0.4, 0.5) is 0 Å². The summed E-state index contributed by atoms with van der Waals surface area (Å²) in [5, 5.41) is 2.93. The number of nitrogens with one attached hydrogen (secondary N) is 1. The zero-order valence-electron chi connectivity index (χ0n) is 13.8. The average Bonchev–Trinajstić information content (AvgIpc) is 2.43. The highest BCUT2D eigenvalue weighted by atomic mass is 35.5. The summed E-state index contributed by atoms with van der Waals surface area (Å²) in [5.41, 5.74) is 5.57. The van der Waals surface area contributed by atoms with Crippen LogP contribution >= 0.6 is 12.4 Å². The smallest absolute Gasteiger partial charge is 0.313 e. The molecule has 3 N–H and O–H groups in total. The highest BCUT2D eigenvalue weighted by Crippen LogP contribution is 2.41. The fourth-order valence-electron chi connectivity index (χ4n) is 3.80. The molecule has 0 radical (unpaired) electrons. The Hall–Kier alpha value is -0.810. The maximum absolute atomic E-state index is 12.4. The largest absolute Gasteiger partial charge is 0.469 e. The summed E-state index contributed by atoms with van der Waals surface area (Å²) < 4.78 is 4.76.